The second-order valence-electron chi connectivity index (χ2n) is 5.58. The van der Waals surface area contributed by atoms with Gasteiger partial charge in [-0.05, 0) is 51.5 Å². The lowest BCUT2D eigenvalue weighted by molar-refractivity contribution is -0.150. The number of fused-ring (bicyclic) bond motifs is 1. The van der Waals surface area contributed by atoms with Gasteiger partial charge in [-0.25, -0.2) is 9.59 Å². The molecular weight excluding hydrogens is 300 g/mol. The van der Waals surface area contributed by atoms with Crippen LogP contribution in [0.15, 0.2) is 23.8 Å². The fraction of sp³-hybridized carbons (Fsp3) is 0.412. The van der Waals surface area contributed by atoms with Crippen LogP contribution in [0, 0.1) is 0 Å². The lowest BCUT2D eigenvalue weighted by Gasteiger charge is -2.12. The van der Waals surface area contributed by atoms with Crippen LogP contribution in [0.3, 0.4) is 0 Å². The van der Waals surface area contributed by atoms with Crippen molar-refractivity contribution in [3.8, 4) is 11.5 Å². The Hall–Kier alpha value is -2.50. The minimum atomic E-state index is -0.719. The highest BCUT2D eigenvalue weighted by Gasteiger charge is 2.24. The average molecular weight is 320 g/mol. The molecule has 0 amide bonds. The second-order valence-corrected chi connectivity index (χ2v) is 5.58. The van der Waals surface area contributed by atoms with Gasteiger partial charge in [0, 0.05) is 0 Å². The van der Waals surface area contributed by atoms with Crippen molar-refractivity contribution in [3.05, 3.63) is 29.3 Å². The van der Waals surface area contributed by atoms with E-state index in [4.69, 9.17) is 18.9 Å². The molecule has 0 saturated heterocycles. The quantitative estimate of drug-likeness (QED) is 0.359. The minimum Gasteiger partial charge on any atom is -0.459 e. The van der Waals surface area contributed by atoms with E-state index < -0.39 is 11.9 Å². The number of hydrogen-bond acceptors (Lipinski definition) is 6. The molecule has 1 heterocycles. The summed E-state index contributed by atoms with van der Waals surface area (Å²) in [5.74, 6) is -0.252. The highest BCUT2D eigenvalue weighted by Crippen LogP contribution is 2.33. The summed E-state index contributed by atoms with van der Waals surface area (Å²) in [6, 6.07) is 5.12. The van der Waals surface area contributed by atoms with Gasteiger partial charge in [0.2, 0.25) is 6.79 Å². The summed E-state index contributed by atoms with van der Waals surface area (Å²) in [5, 5.41) is 0. The molecule has 6 heteroatoms. The zero-order chi connectivity index (χ0) is 17.0. The summed E-state index contributed by atoms with van der Waals surface area (Å²) in [7, 11) is 0. The van der Waals surface area contributed by atoms with E-state index in [0.717, 1.165) is 0 Å². The third kappa shape index (κ3) is 4.48. The van der Waals surface area contributed by atoms with Gasteiger partial charge in [-0.3, -0.25) is 0 Å². The van der Waals surface area contributed by atoms with Crippen LogP contribution in [0.5, 0.6) is 11.5 Å². The van der Waals surface area contributed by atoms with Crippen LogP contribution in [0.1, 0.15) is 33.3 Å². The van der Waals surface area contributed by atoms with E-state index in [9.17, 15) is 9.59 Å². The number of benzene rings is 1. The van der Waals surface area contributed by atoms with E-state index >= 15 is 0 Å². The van der Waals surface area contributed by atoms with E-state index in [1.54, 1.807) is 45.9 Å². The molecule has 0 spiro atoms. The van der Waals surface area contributed by atoms with Gasteiger partial charge in [-0.15, -0.1) is 0 Å². The largest absolute Gasteiger partial charge is 0.459 e. The van der Waals surface area contributed by atoms with E-state index in [0.29, 0.717) is 17.1 Å². The van der Waals surface area contributed by atoms with E-state index in [-0.39, 0.29) is 24.6 Å². The van der Waals surface area contributed by atoms with Gasteiger partial charge in [0.1, 0.15) is 5.57 Å². The van der Waals surface area contributed by atoms with Gasteiger partial charge < -0.3 is 18.9 Å². The van der Waals surface area contributed by atoms with Crippen molar-refractivity contribution in [2.24, 2.45) is 0 Å². The fourth-order valence-electron chi connectivity index (χ4n) is 1.93. The molecule has 0 unspecified atom stereocenters. The number of ether oxygens (including phenoxy) is 4. The number of carbonyl (C=O) groups is 2. The van der Waals surface area contributed by atoms with Crippen LogP contribution in [0.4, 0.5) is 0 Å². The van der Waals surface area contributed by atoms with Crippen LogP contribution in [0.2, 0.25) is 0 Å². The molecule has 0 bridgehead atoms. The first kappa shape index (κ1) is 16.9. The average Bonchev–Trinajstić information content (AvgIpc) is 2.90. The Kier molecular flexibility index (Phi) is 5.26. The summed E-state index contributed by atoms with van der Waals surface area (Å²) >= 11 is 0. The molecule has 124 valence electrons. The highest BCUT2D eigenvalue weighted by molar-refractivity contribution is 6.17. The predicted molar refractivity (Wildman–Crippen MR) is 83.0 cm³/mol. The van der Waals surface area contributed by atoms with Crippen LogP contribution in [-0.4, -0.2) is 30.9 Å². The third-order valence-corrected chi connectivity index (χ3v) is 2.83. The Labute approximate surface area is 135 Å². The number of carbonyl (C=O) groups excluding carboxylic acids is 2. The van der Waals surface area contributed by atoms with Crippen molar-refractivity contribution in [2.45, 2.75) is 39.9 Å². The Bertz CT molecular complexity index is 606. The van der Waals surface area contributed by atoms with Gasteiger partial charge in [-0.2, -0.15) is 0 Å². The number of hydrogen-bond donors (Lipinski definition) is 0. The number of esters is 2. The normalized spacial score (nSPS) is 12.3. The summed E-state index contributed by atoms with van der Waals surface area (Å²) in [6.45, 7) is 7.00. The van der Waals surface area contributed by atoms with Crippen LogP contribution >= 0.6 is 0 Å². The maximum Gasteiger partial charge on any atom is 0.345 e. The highest BCUT2D eigenvalue weighted by atomic mass is 16.7. The smallest absolute Gasteiger partial charge is 0.345 e. The van der Waals surface area contributed by atoms with Crippen molar-refractivity contribution in [1.29, 1.82) is 0 Å². The molecule has 1 aliphatic rings. The molecule has 0 atom stereocenters. The lowest BCUT2D eigenvalue weighted by Crippen LogP contribution is -2.23. The summed E-state index contributed by atoms with van der Waals surface area (Å²) in [6.07, 6.45) is 0.751. The summed E-state index contributed by atoms with van der Waals surface area (Å²) < 4.78 is 20.8. The van der Waals surface area contributed by atoms with E-state index in [1.165, 1.54) is 6.08 Å². The molecule has 1 aromatic rings. The summed E-state index contributed by atoms with van der Waals surface area (Å²) in [4.78, 5) is 24.3. The first-order chi connectivity index (χ1) is 10.9. The minimum absolute atomic E-state index is 0.153. The molecule has 2 rings (SSSR count). The zero-order valence-corrected chi connectivity index (χ0v) is 13.6. The van der Waals surface area contributed by atoms with Gasteiger partial charge in [0.05, 0.1) is 12.2 Å². The Morgan fingerprint density at radius 2 is 1.57 bits per heavy atom. The van der Waals surface area contributed by atoms with E-state index in [2.05, 4.69) is 0 Å². The molecule has 0 N–H and O–H groups in total. The molecule has 0 saturated carbocycles. The van der Waals surface area contributed by atoms with E-state index in [1.807, 2.05) is 0 Å². The van der Waals surface area contributed by atoms with Crippen molar-refractivity contribution in [3.63, 3.8) is 0 Å². The Morgan fingerprint density at radius 1 is 1.00 bits per heavy atom. The van der Waals surface area contributed by atoms with Crippen molar-refractivity contribution in [1.82, 2.24) is 0 Å². The van der Waals surface area contributed by atoms with Gasteiger partial charge in [0.15, 0.2) is 11.5 Å². The van der Waals surface area contributed by atoms with Gasteiger partial charge >= 0.3 is 11.9 Å². The predicted octanol–water partition coefficient (Wildman–Crippen LogP) is 2.70. The van der Waals surface area contributed by atoms with Crippen LogP contribution in [-0.2, 0) is 19.1 Å². The zero-order valence-electron chi connectivity index (χ0n) is 13.6. The first-order valence-electron chi connectivity index (χ1n) is 7.40. The van der Waals surface area contributed by atoms with Crippen molar-refractivity contribution in [2.75, 3.05) is 6.79 Å². The van der Waals surface area contributed by atoms with Gasteiger partial charge in [0.25, 0.3) is 0 Å². The molecular formula is C17H20O6. The molecule has 1 aliphatic heterocycles. The van der Waals surface area contributed by atoms with Crippen LogP contribution < -0.4 is 9.47 Å². The fourth-order valence-corrected chi connectivity index (χ4v) is 1.93. The number of rotatable bonds is 5. The van der Waals surface area contributed by atoms with Crippen molar-refractivity contribution < 1.29 is 28.5 Å². The molecule has 0 aromatic heterocycles. The van der Waals surface area contributed by atoms with Gasteiger partial charge in [-0.1, -0.05) is 6.07 Å². The molecule has 0 aliphatic carbocycles. The van der Waals surface area contributed by atoms with Crippen LogP contribution in [0.25, 0.3) is 6.08 Å². The molecule has 0 radical (unpaired) electrons. The Morgan fingerprint density at radius 3 is 2.13 bits per heavy atom. The molecule has 23 heavy (non-hydrogen) atoms. The molecule has 1 aromatic carbocycles. The third-order valence-electron chi connectivity index (χ3n) is 2.83. The molecule has 0 fully saturated rings. The molecule has 6 nitrogen and oxygen atoms in total. The maximum absolute atomic E-state index is 12.2. The second kappa shape index (κ2) is 7.17. The monoisotopic (exact) mass is 320 g/mol. The topological polar surface area (TPSA) is 71.1 Å². The van der Waals surface area contributed by atoms with Crippen molar-refractivity contribution >= 4 is 18.0 Å². The Balaban J connectivity index is 2.31. The maximum atomic E-state index is 12.2. The standard InChI is InChI=1S/C17H20O6/c1-10(2)22-16(18)13(17(19)23-11(3)4)7-12-5-6-14-15(8-12)21-9-20-14/h5-8,10-11H,9H2,1-4H3. The summed E-state index contributed by atoms with van der Waals surface area (Å²) in [5.41, 5.74) is 0.455. The lowest BCUT2D eigenvalue weighted by atomic mass is 10.1. The SMILES string of the molecule is CC(C)OC(=O)C(=Cc1ccc2c(c1)OCO2)C(=O)OC(C)C. The first-order valence-corrected chi connectivity index (χ1v) is 7.40.